The highest BCUT2D eigenvalue weighted by Gasteiger charge is 2.28. The summed E-state index contributed by atoms with van der Waals surface area (Å²) in [5.74, 6) is -2.64. The molecule has 1 aromatic heterocycles. The molecule has 282 valence electrons. The first kappa shape index (κ1) is 40.4. The van der Waals surface area contributed by atoms with Gasteiger partial charge in [-0.1, -0.05) is 0 Å². The second kappa shape index (κ2) is 16.5. The topological polar surface area (TPSA) is 241 Å². The Kier molecular flexibility index (Phi) is 12.8. The van der Waals surface area contributed by atoms with Crippen LogP contribution in [0.15, 0.2) is 48.5 Å². The van der Waals surface area contributed by atoms with E-state index in [1.54, 1.807) is 42.7 Å². The molecule has 4 rings (SSSR count). The van der Waals surface area contributed by atoms with Gasteiger partial charge in [-0.2, -0.15) is 21.4 Å². The molecule has 0 atom stereocenters. The summed E-state index contributed by atoms with van der Waals surface area (Å²) in [6.07, 6.45) is -0.186. The second-order valence-corrected chi connectivity index (χ2v) is 16.5. The molecule has 0 saturated carbocycles. The summed E-state index contributed by atoms with van der Waals surface area (Å²) in [5.41, 5.74) is 1.94. The van der Waals surface area contributed by atoms with E-state index >= 15 is 0 Å². The minimum Gasteiger partial charge on any atom is -0.748 e. The van der Waals surface area contributed by atoms with Crippen LogP contribution in [0.1, 0.15) is 51.1 Å². The van der Waals surface area contributed by atoms with Crippen molar-refractivity contribution in [3.05, 3.63) is 70.8 Å². The summed E-state index contributed by atoms with van der Waals surface area (Å²) in [4.78, 5) is 26.5. The third-order valence-electron chi connectivity index (χ3n) is 7.74. The molecule has 0 amide bonds. The van der Waals surface area contributed by atoms with Crippen molar-refractivity contribution in [2.45, 2.75) is 39.7 Å². The van der Waals surface area contributed by atoms with Crippen LogP contribution in [0.2, 0.25) is 0 Å². The Labute approximate surface area is 300 Å². The Morgan fingerprint density at radius 2 is 1.19 bits per heavy atom. The third kappa shape index (κ3) is 11.1. The fraction of sp³-hybridized carbons (Fsp3) is 0.364. The average Bonchev–Trinajstić information content (AvgIpc) is 3.04. The number of carbonyl (C=O) groups is 2. The van der Waals surface area contributed by atoms with Crippen molar-refractivity contribution >= 4 is 64.1 Å². The standard InChI is InChI=1S/C33H37NO15S3/c1-21-17-23(32(35)46-3)18-22(2)31(21)49-33(36)30-26-19-24(47-12-5-15-51(40,41)42)7-9-28(26)34(11-4-14-50(37,38)39)29-10-8-25(20-27(29)30)48-13-6-16-52(43,44)45/h7-10,17-20H,4-6,11-16H2,1-3H3,(H2-,37,38,39,40,41,42,43,44,45). The van der Waals surface area contributed by atoms with Crippen LogP contribution in [-0.4, -0.2) is 88.4 Å². The highest BCUT2D eigenvalue weighted by Crippen LogP contribution is 2.33. The number of aromatic nitrogens is 1. The SMILES string of the molecule is COC(=O)c1cc(C)c(OC(=O)c2c3cc(OCCCS(=O)(=O)O)ccc3[n+](CCCS(=O)(=O)[O-])c3ccc(OCCCS(=O)(=O)O)cc23)c(C)c1. The van der Waals surface area contributed by atoms with E-state index in [1.807, 2.05) is 0 Å². The van der Waals surface area contributed by atoms with Crippen LogP contribution in [0, 0.1) is 13.8 Å². The van der Waals surface area contributed by atoms with Crippen LogP contribution in [-0.2, 0) is 41.6 Å². The van der Waals surface area contributed by atoms with Gasteiger partial charge in [0.25, 0.3) is 20.2 Å². The zero-order valence-electron chi connectivity index (χ0n) is 28.4. The van der Waals surface area contributed by atoms with Gasteiger partial charge in [-0.15, -0.1) is 0 Å². The number of carbonyl (C=O) groups excluding carboxylic acids is 2. The Morgan fingerprint density at radius 3 is 1.62 bits per heavy atom. The van der Waals surface area contributed by atoms with Gasteiger partial charge in [0.15, 0.2) is 6.54 Å². The fourth-order valence-electron chi connectivity index (χ4n) is 5.57. The molecule has 0 saturated heterocycles. The molecule has 52 heavy (non-hydrogen) atoms. The highest BCUT2D eigenvalue weighted by molar-refractivity contribution is 7.86. The first-order valence-corrected chi connectivity index (χ1v) is 20.5. The van der Waals surface area contributed by atoms with Gasteiger partial charge in [-0.05, 0) is 74.2 Å². The minimum absolute atomic E-state index is 0.000290. The molecule has 2 N–H and O–H groups in total. The lowest BCUT2D eigenvalue weighted by Gasteiger charge is -2.16. The van der Waals surface area contributed by atoms with Crippen molar-refractivity contribution in [1.29, 1.82) is 0 Å². The number of nitrogens with zero attached hydrogens (tertiary/aromatic N) is 1. The summed E-state index contributed by atoms with van der Waals surface area (Å²) in [5, 5.41) is 0.500. The summed E-state index contributed by atoms with van der Waals surface area (Å²) >= 11 is 0. The molecule has 19 heteroatoms. The summed E-state index contributed by atoms with van der Waals surface area (Å²) in [6, 6.07) is 12.3. The van der Waals surface area contributed by atoms with E-state index in [2.05, 4.69) is 0 Å². The largest absolute Gasteiger partial charge is 0.748 e. The molecule has 3 aromatic carbocycles. The smallest absolute Gasteiger partial charge is 0.345 e. The van der Waals surface area contributed by atoms with Gasteiger partial charge >= 0.3 is 11.9 Å². The molecule has 0 aliphatic rings. The van der Waals surface area contributed by atoms with Gasteiger partial charge in [0.2, 0.25) is 11.0 Å². The Balaban J connectivity index is 1.91. The van der Waals surface area contributed by atoms with Gasteiger partial charge in [-0.25, -0.2) is 18.0 Å². The van der Waals surface area contributed by atoms with E-state index in [-0.39, 0.29) is 78.2 Å². The summed E-state index contributed by atoms with van der Waals surface area (Å²) < 4.78 is 121. The quantitative estimate of drug-likeness (QED) is 0.0390. The highest BCUT2D eigenvalue weighted by atomic mass is 32.2. The summed E-state index contributed by atoms with van der Waals surface area (Å²) in [7, 11) is -11.8. The lowest BCUT2D eigenvalue weighted by atomic mass is 10.0. The number of hydrogen-bond acceptors (Lipinski definition) is 13. The molecule has 0 bridgehead atoms. The first-order valence-electron chi connectivity index (χ1n) is 15.7. The van der Waals surface area contributed by atoms with Gasteiger partial charge in [-0.3, -0.25) is 9.11 Å². The molecular formula is C33H37NO15S3. The number of ether oxygens (including phenoxy) is 4. The number of aryl methyl sites for hydroxylation is 3. The zero-order valence-corrected chi connectivity index (χ0v) is 30.8. The van der Waals surface area contributed by atoms with E-state index in [0.717, 1.165) is 0 Å². The number of fused-ring (bicyclic) bond motifs is 2. The number of rotatable bonds is 17. The van der Waals surface area contributed by atoms with Crippen LogP contribution >= 0.6 is 0 Å². The van der Waals surface area contributed by atoms with Crippen molar-refractivity contribution < 1.29 is 72.0 Å². The molecule has 0 spiro atoms. The number of benzene rings is 3. The van der Waals surface area contributed by atoms with E-state index in [0.29, 0.717) is 22.2 Å². The van der Waals surface area contributed by atoms with Gasteiger partial charge in [0.1, 0.15) is 17.2 Å². The molecule has 16 nitrogen and oxygen atoms in total. The fourth-order valence-corrected chi connectivity index (χ4v) is 7.02. The predicted octanol–water partition coefficient (Wildman–Crippen LogP) is 3.15. The normalized spacial score (nSPS) is 12.2. The maximum atomic E-state index is 14.3. The van der Waals surface area contributed by atoms with Crippen molar-refractivity contribution in [1.82, 2.24) is 0 Å². The van der Waals surface area contributed by atoms with Gasteiger partial charge in [0, 0.05) is 24.3 Å². The minimum atomic E-state index is -4.56. The molecule has 0 aliphatic carbocycles. The second-order valence-electron chi connectivity index (χ2n) is 11.8. The molecular weight excluding hydrogens is 747 g/mol. The Hall–Kier alpha value is -4.40. The lowest BCUT2D eigenvalue weighted by Crippen LogP contribution is -2.37. The monoisotopic (exact) mass is 783 g/mol. The van der Waals surface area contributed by atoms with E-state index < -0.39 is 59.6 Å². The molecule has 0 fully saturated rings. The van der Waals surface area contributed by atoms with Crippen LogP contribution in [0.4, 0.5) is 0 Å². The number of pyridine rings is 1. The predicted molar refractivity (Wildman–Crippen MR) is 186 cm³/mol. The van der Waals surface area contributed by atoms with Crippen molar-refractivity contribution in [3.63, 3.8) is 0 Å². The van der Waals surface area contributed by atoms with Crippen LogP contribution in [0.5, 0.6) is 17.2 Å². The number of hydrogen-bond donors (Lipinski definition) is 2. The Morgan fingerprint density at radius 1 is 0.712 bits per heavy atom. The van der Waals surface area contributed by atoms with Crippen LogP contribution in [0.3, 0.4) is 0 Å². The third-order valence-corrected chi connectivity index (χ3v) is 10.1. The molecule has 4 aromatic rings. The van der Waals surface area contributed by atoms with Crippen LogP contribution < -0.4 is 18.8 Å². The summed E-state index contributed by atoms with van der Waals surface area (Å²) in [6.45, 7) is 3.05. The van der Waals surface area contributed by atoms with Gasteiger partial charge < -0.3 is 23.5 Å². The van der Waals surface area contributed by atoms with E-state index in [1.165, 1.54) is 31.4 Å². The van der Waals surface area contributed by atoms with Crippen molar-refractivity contribution in [2.24, 2.45) is 0 Å². The van der Waals surface area contributed by atoms with E-state index in [4.69, 9.17) is 28.1 Å². The lowest BCUT2D eigenvalue weighted by molar-refractivity contribution is -0.645. The first-order chi connectivity index (χ1) is 24.3. The van der Waals surface area contributed by atoms with Crippen molar-refractivity contribution in [3.8, 4) is 17.2 Å². The Bertz CT molecular complexity index is 2220. The maximum absolute atomic E-state index is 14.3. The number of methoxy groups -OCH3 is 1. The number of esters is 2. The van der Waals surface area contributed by atoms with Crippen LogP contribution in [0.25, 0.3) is 21.8 Å². The molecule has 1 heterocycles. The van der Waals surface area contributed by atoms with E-state index in [9.17, 15) is 39.4 Å². The maximum Gasteiger partial charge on any atom is 0.345 e. The average molecular weight is 784 g/mol. The molecule has 0 radical (unpaired) electrons. The zero-order chi connectivity index (χ0) is 38.4. The van der Waals surface area contributed by atoms with Crippen molar-refractivity contribution in [2.75, 3.05) is 37.6 Å². The van der Waals surface area contributed by atoms with Gasteiger partial charge in [0.05, 0.1) is 63.8 Å². The molecule has 0 unspecified atom stereocenters. The molecule has 0 aliphatic heterocycles.